The number of anilines is 1. The number of hydrogen-bond donors (Lipinski definition) is 2. The Morgan fingerprint density at radius 3 is 2.93 bits per heavy atom. The second-order valence-corrected chi connectivity index (χ2v) is 5.10. The minimum Gasteiger partial charge on any atom is -0.396 e. The number of nitrogens with one attached hydrogen (secondary N) is 1. The Balaban J connectivity index is 2.02. The quantitative estimate of drug-likeness (QED) is 0.883. The molecule has 1 aromatic heterocycles. The van der Waals surface area contributed by atoms with E-state index >= 15 is 0 Å². The van der Waals surface area contributed by atoms with Gasteiger partial charge in [0, 0.05) is 18.2 Å². The van der Waals surface area contributed by atoms with Crippen LogP contribution >= 0.6 is 15.9 Å². The molecule has 0 spiro atoms. The van der Waals surface area contributed by atoms with E-state index in [1.165, 1.54) is 5.56 Å². The van der Waals surface area contributed by atoms with Crippen LogP contribution in [-0.2, 0) is 0 Å². The molecule has 2 rings (SSSR count). The molecule has 0 aromatic carbocycles. The minimum absolute atomic E-state index is 0.116. The van der Waals surface area contributed by atoms with Crippen LogP contribution in [0.2, 0.25) is 0 Å². The average molecular weight is 271 g/mol. The van der Waals surface area contributed by atoms with Crippen LogP contribution in [0.15, 0.2) is 16.7 Å². The van der Waals surface area contributed by atoms with Crippen LogP contribution in [0.25, 0.3) is 0 Å². The smallest absolute Gasteiger partial charge is 0.140 e. The minimum atomic E-state index is 0.116. The molecule has 0 bridgehead atoms. The van der Waals surface area contributed by atoms with E-state index in [4.69, 9.17) is 0 Å². The van der Waals surface area contributed by atoms with Gasteiger partial charge in [0.15, 0.2) is 0 Å². The third kappa shape index (κ3) is 2.32. The maximum Gasteiger partial charge on any atom is 0.140 e. The first-order valence-electron chi connectivity index (χ1n) is 5.13. The summed E-state index contributed by atoms with van der Waals surface area (Å²) < 4.78 is 1.01. The first-order valence-corrected chi connectivity index (χ1v) is 5.92. The molecule has 0 aliphatic heterocycles. The molecule has 1 fully saturated rings. The van der Waals surface area contributed by atoms with Gasteiger partial charge in [-0.25, -0.2) is 4.98 Å². The number of aliphatic hydroxyl groups is 1. The van der Waals surface area contributed by atoms with Crippen LogP contribution in [0, 0.1) is 12.3 Å². The molecule has 1 aromatic rings. The summed E-state index contributed by atoms with van der Waals surface area (Å²) in [5.41, 5.74) is 1.28. The molecule has 1 saturated carbocycles. The number of hydrogen-bond acceptors (Lipinski definition) is 3. The summed E-state index contributed by atoms with van der Waals surface area (Å²) in [6, 6.07) is 1.97. The van der Waals surface area contributed by atoms with Gasteiger partial charge in [0.2, 0.25) is 0 Å². The van der Waals surface area contributed by atoms with Gasteiger partial charge in [0.1, 0.15) is 5.82 Å². The van der Waals surface area contributed by atoms with Crippen LogP contribution in [0.4, 0.5) is 5.82 Å². The van der Waals surface area contributed by atoms with Gasteiger partial charge in [0.05, 0.1) is 11.1 Å². The number of aromatic nitrogens is 1. The lowest BCUT2D eigenvalue weighted by Gasteiger charge is -2.14. The summed E-state index contributed by atoms with van der Waals surface area (Å²) in [6.45, 7) is 3.11. The van der Waals surface area contributed by atoms with E-state index in [0.717, 1.165) is 29.7 Å². The highest BCUT2D eigenvalue weighted by Gasteiger charge is 2.41. The van der Waals surface area contributed by atoms with E-state index in [1.54, 1.807) is 6.20 Å². The maximum absolute atomic E-state index is 9.19. The Labute approximate surface area is 98.0 Å². The number of aryl methyl sites for hydroxylation is 1. The van der Waals surface area contributed by atoms with Gasteiger partial charge in [-0.2, -0.15) is 0 Å². The van der Waals surface area contributed by atoms with Crippen molar-refractivity contribution in [2.45, 2.75) is 19.8 Å². The predicted octanol–water partition coefficient (Wildman–Crippen LogP) is 2.34. The predicted molar refractivity (Wildman–Crippen MR) is 63.9 cm³/mol. The number of halogens is 1. The van der Waals surface area contributed by atoms with Crippen molar-refractivity contribution < 1.29 is 5.11 Å². The van der Waals surface area contributed by atoms with Gasteiger partial charge >= 0.3 is 0 Å². The van der Waals surface area contributed by atoms with E-state index in [-0.39, 0.29) is 12.0 Å². The SMILES string of the molecule is Cc1ccnc(NCC2(CO)CC2)c1Br. The third-order valence-electron chi connectivity index (χ3n) is 3.01. The third-order valence-corrected chi connectivity index (χ3v) is 4.01. The molecule has 0 saturated heterocycles. The van der Waals surface area contributed by atoms with Crippen LogP contribution < -0.4 is 5.32 Å². The molecule has 0 atom stereocenters. The van der Waals surface area contributed by atoms with Crippen molar-refractivity contribution in [1.82, 2.24) is 4.98 Å². The maximum atomic E-state index is 9.19. The molecular weight excluding hydrogens is 256 g/mol. The highest BCUT2D eigenvalue weighted by molar-refractivity contribution is 9.10. The summed E-state index contributed by atoms with van der Waals surface area (Å²) >= 11 is 3.50. The molecule has 2 N–H and O–H groups in total. The summed E-state index contributed by atoms with van der Waals surface area (Å²) in [5.74, 6) is 0.870. The van der Waals surface area contributed by atoms with E-state index in [2.05, 4.69) is 26.2 Å². The highest BCUT2D eigenvalue weighted by Crippen LogP contribution is 2.45. The summed E-state index contributed by atoms with van der Waals surface area (Å²) in [4.78, 5) is 4.26. The lowest BCUT2D eigenvalue weighted by atomic mass is 10.1. The van der Waals surface area contributed by atoms with Gasteiger partial charge in [-0.15, -0.1) is 0 Å². The van der Waals surface area contributed by atoms with E-state index in [0.29, 0.717) is 0 Å². The fourth-order valence-electron chi connectivity index (χ4n) is 1.50. The topological polar surface area (TPSA) is 45.2 Å². The first-order chi connectivity index (χ1) is 7.17. The molecule has 15 heavy (non-hydrogen) atoms. The second-order valence-electron chi connectivity index (χ2n) is 4.30. The van der Waals surface area contributed by atoms with Crippen LogP contribution in [0.1, 0.15) is 18.4 Å². The van der Waals surface area contributed by atoms with Crippen molar-refractivity contribution in [3.05, 3.63) is 22.3 Å². The lowest BCUT2D eigenvalue weighted by molar-refractivity contribution is 0.219. The zero-order valence-electron chi connectivity index (χ0n) is 8.76. The Bertz CT molecular complexity index is 364. The van der Waals surface area contributed by atoms with Crippen molar-refractivity contribution in [3.8, 4) is 0 Å². The standard InChI is InChI=1S/C11H15BrN2O/c1-8-2-5-13-10(9(8)12)14-6-11(7-15)3-4-11/h2,5,15H,3-4,6-7H2,1H3,(H,13,14). The molecule has 3 nitrogen and oxygen atoms in total. The van der Waals surface area contributed by atoms with Crippen molar-refractivity contribution in [2.24, 2.45) is 5.41 Å². The molecule has 0 radical (unpaired) electrons. The van der Waals surface area contributed by atoms with Crippen molar-refractivity contribution in [1.29, 1.82) is 0 Å². The second kappa shape index (κ2) is 4.10. The molecule has 4 heteroatoms. The van der Waals surface area contributed by atoms with Crippen molar-refractivity contribution in [3.63, 3.8) is 0 Å². The number of nitrogens with zero attached hydrogens (tertiary/aromatic N) is 1. The Hall–Kier alpha value is -0.610. The van der Waals surface area contributed by atoms with Gasteiger partial charge in [-0.05, 0) is 47.3 Å². The van der Waals surface area contributed by atoms with Crippen LogP contribution in [-0.4, -0.2) is 23.2 Å². The Morgan fingerprint density at radius 1 is 1.60 bits per heavy atom. The molecule has 1 heterocycles. The van der Waals surface area contributed by atoms with E-state index in [1.807, 2.05) is 13.0 Å². The molecule has 0 amide bonds. The zero-order chi connectivity index (χ0) is 10.9. The summed E-state index contributed by atoms with van der Waals surface area (Å²) in [5, 5.41) is 12.5. The Kier molecular flexibility index (Phi) is 2.98. The molecular formula is C11H15BrN2O. The first kappa shape index (κ1) is 10.9. The monoisotopic (exact) mass is 270 g/mol. The van der Waals surface area contributed by atoms with Crippen LogP contribution in [0.3, 0.4) is 0 Å². The zero-order valence-corrected chi connectivity index (χ0v) is 10.3. The normalized spacial score (nSPS) is 17.5. The largest absolute Gasteiger partial charge is 0.396 e. The van der Waals surface area contributed by atoms with Gasteiger partial charge in [-0.1, -0.05) is 0 Å². The summed E-state index contributed by atoms with van der Waals surface area (Å²) in [7, 11) is 0. The fraction of sp³-hybridized carbons (Fsp3) is 0.545. The average Bonchev–Trinajstić information content (AvgIpc) is 3.01. The summed E-state index contributed by atoms with van der Waals surface area (Å²) in [6.07, 6.45) is 4.01. The van der Waals surface area contributed by atoms with Crippen LogP contribution in [0.5, 0.6) is 0 Å². The van der Waals surface area contributed by atoms with Crippen molar-refractivity contribution >= 4 is 21.7 Å². The fourth-order valence-corrected chi connectivity index (χ4v) is 1.88. The van der Waals surface area contributed by atoms with Gasteiger partial charge in [-0.3, -0.25) is 0 Å². The van der Waals surface area contributed by atoms with Gasteiger partial charge < -0.3 is 10.4 Å². The number of aliphatic hydroxyl groups excluding tert-OH is 1. The molecule has 1 aliphatic carbocycles. The van der Waals surface area contributed by atoms with Crippen molar-refractivity contribution in [2.75, 3.05) is 18.5 Å². The lowest BCUT2D eigenvalue weighted by Crippen LogP contribution is -2.19. The highest BCUT2D eigenvalue weighted by atomic mass is 79.9. The number of rotatable bonds is 4. The molecule has 1 aliphatic rings. The molecule has 0 unspecified atom stereocenters. The van der Waals surface area contributed by atoms with E-state index in [9.17, 15) is 5.11 Å². The Morgan fingerprint density at radius 2 is 2.33 bits per heavy atom. The van der Waals surface area contributed by atoms with Gasteiger partial charge in [0.25, 0.3) is 0 Å². The number of pyridine rings is 1. The van der Waals surface area contributed by atoms with E-state index < -0.39 is 0 Å². The molecule has 82 valence electrons.